The molecule has 0 saturated heterocycles. The summed E-state index contributed by atoms with van der Waals surface area (Å²) in [5, 5.41) is 20.5. The van der Waals surface area contributed by atoms with Crippen LogP contribution >= 0.6 is 39.1 Å². The second kappa shape index (κ2) is 8.72. The van der Waals surface area contributed by atoms with E-state index in [1.54, 1.807) is 24.3 Å². The van der Waals surface area contributed by atoms with E-state index in [9.17, 15) is 10.4 Å². The molecule has 1 atom stereocenters. The Morgan fingerprint density at radius 2 is 1.94 bits per heavy atom. The third-order valence-electron chi connectivity index (χ3n) is 4.89. The first-order valence-corrected chi connectivity index (χ1v) is 10.7. The molecule has 1 heterocycles. The molecule has 5 nitrogen and oxygen atoms in total. The van der Waals surface area contributed by atoms with Gasteiger partial charge < -0.3 is 20.3 Å². The first-order chi connectivity index (χ1) is 14.9. The third kappa shape index (κ3) is 4.31. The molecule has 0 bridgehead atoms. The third-order valence-corrected chi connectivity index (χ3v) is 6.10. The monoisotopic (exact) mass is 516 g/mol. The van der Waals surface area contributed by atoms with Gasteiger partial charge in [-0.2, -0.15) is 5.26 Å². The summed E-state index contributed by atoms with van der Waals surface area (Å²) in [5.74, 6) is 0.653. The molecule has 0 saturated carbocycles. The molecule has 0 amide bonds. The quantitative estimate of drug-likeness (QED) is 0.426. The maximum absolute atomic E-state index is 9.78. The van der Waals surface area contributed by atoms with Gasteiger partial charge in [-0.15, -0.1) is 0 Å². The van der Waals surface area contributed by atoms with Gasteiger partial charge in [-0.1, -0.05) is 41.4 Å². The van der Waals surface area contributed by atoms with Crippen molar-refractivity contribution in [3.8, 4) is 23.3 Å². The highest BCUT2D eigenvalue weighted by Crippen LogP contribution is 2.44. The first kappa shape index (κ1) is 21.4. The van der Waals surface area contributed by atoms with Crippen molar-refractivity contribution in [2.45, 2.75) is 12.5 Å². The second-order valence-corrected chi connectivity index (χ2v) is 8.56. The van der Waals surface area contributed by atoms with E-state index in [2.05, 4.69) is 22.0 Å². The summed E-state index contributed by atoms with van der Waals surface area (Å²) in [4.78, 5) is 0. The van der Waals surface area contributed by atoms with Gasteiger partial charge in [0, 0.05) is 27.2 Å². The summed E-state index contributed by atoms with van der Waals surface area (Å²) in [6.45, 7) is 0.267. The lowest BCUT2D eigenvalue weighted by molar-refractivity contribution is 0.304. The molecule has 1 aliphatic heterocycles. The summed E-state index contributed by atoms with van der Waals surface area (Å²) in [7, 11) is 0. The van der Waals surface area contributed by atoms with Crippen LogP contribution in [0.2, 0.25) is 10.0 Å². The lowest BCUT2D eigenvalue weighted by Gasteiger charge is -2.26. The van der Waals surface area contributed by atoms with Crippen LogP contribution < -0.4 is 15.2 Å². The van der Waals surface area contributed by atoms with Gasteiger partial charge in [-0.3, -0.25) is 0 Å². The lowest BCUT2D eigenvalue weighted by Crippen LogP contribution is -2.21. The molecule has 3 aromatic rings. The van der Waals surface area contributed by atoms with E-state index in [0.717, 1.165) is 16.7 Å². The molecule has 3 N–H and O–H groups in total. The Morgan fingerprint density at radius 3 is 2.65 bits per heavy atom. The van der Waals surface area contributed by atoms with Crippen molar-refractivity contribution in [2.24, 2.45) is 5.73 Å². The number of nitrogens with zero attached hydrogens (tertiary/aromatic N) is 1. The van der Waals surface area contributed by atoms with E-state index in [1.165, 1.54) is 6.07 Å². The SMILES string of the molecule is N#CC1=C(N)Oc2cc(O)ccc2[C@H]1c1ccc(OCc2ccc(Cl)cc2Cl)c(Br)c1. The van der Waals surface area contributed by atoms with Crippen molar-refractivity contribution in [1.29, 1.82) is 5.26 Å². The van der Waals surface area contributed by atoms with Gasteiger partial charge in [0.15, 0.2) is 0 Å². The Labute approximate surface area is 197 Å². The fraction of sp³-hybridized carbons (Fsp3) is 0.0870. The minimum absolute atomic E-state index is 0.0134. The smallest absolute Gasteiger partial charge is 0.205 e. The van der Waals surface area contributed by atoms with Crippen molar-refractivity contribution >= 4 is 39.1 Å². The van der Waals surface area contributed by atoms with E-state index in [0.29, 0.717) is 31.6 Å². The topological polar surface area (TPSA) is 88.5 Å². The number of nitriles is 1. The van der Waals surface area contributed by atoms with Gasteiger partial charge >= 0.3 is 0 Å². The number of ether oxygens (including phenoxy) is 2. The molecular weight excluding hydrogens is 503 g/mol. The molecule has 1 aliphatic rings. The van der Waals surface area contributed by atoms with Crippen LogP contribution in [0.3, 0.4) is 0 Å². The zero-order chi connectivity index (χ0) is 22.1. The highest BCUT2D eigenvalue weighted by atomic mass is 79.9. The summed E-state index contributed by atoms with van der Waals surface area (Å²) in [5.41, 5.74) is 8.64. The first-order valence-electron chi connectivity index (χ1n) is 9.14. The maximum Gasteiger partial charge on any atom is 0.205 e. The van der Waals surface area contributed by atoms with Gasteiger partial charge in [-0.25, -0.2) is 0 Å². The van der Waals surface area contributed by atoms with Gasteiger partial charge in [0.25, 0.3) is 0 Å². The van der Waals surface area contributed by atoms with Crippen LogP contribution in [0.1, 0.15) is 22.6 Å². The number of phenols is 1. The molecule has 0 aliphatic carbocycles. The van der Waals surface area contributed by atoms with Crippen molar-refractivity contribution < 1.29 is 14.6 Å². The van der Waals surface area contributed by atoms with Crippen LogP contribution in [-0.4, -0.2) is 5.11 Å². The van der Waals surface area contributed by atoms with Gasteiger partial charge in [0.2, 0.25) is 5.88 Å². The molecule has 31 heavy (non-hydrogen) atoms. The minimum Gasteiger partial charge on any atom is -0.508 e. The standard InChI is InChI=1S/C23H15BrCl2N2O3/c24-18-7-12(2-6-20(18)30-11-13-1-3-14(25)8-19(13)26)22-16-5-4-15(29)9-21(16)31-23(28)17(22)10-27/h1-9,22,29H,11,28H2/t22-/m1/s1. The number of benzene rings is 3. The number of nitrogens with two attached hydrogens (primary N) is 1. The van der Waals surface area contributed by atoms with Gasteiger partial charge in [0.05, 0.1) is 10.4 Å². The Hall–Kier alpha value is -2.85. The normalized spacial score (nSPS) is 15.1. The second-order valence-electron chi connectivity index (χ2n) is 6.86. The number of aromatic hydroxyl groups is 1. The molecule has 0 spiro atoms. The molecule has 3 aromatic carbocycles. The van der Waals surface area contributed by atoms with Gasteiger partial charge in [0.1, 0.15) is 35.5 Å². The highest BCUT2D eigenvalue weighted by molar-refractivity contribution is 9.10. The highest BCUT2D eigenvalue weighted by Gasteiger charge is 2.31. The molecule has 4 rings (SSSR count). The molecule has 0 aromatic heterocycles. The molecule has 0 fully saturated rings. The van der Waals surface area contributed by atoms with Crippen LogP contribution in [0.4, 0.5) is 0 Å². The Bertz CT molecular complexity index is 1250. The average Bonchev–Trinajstić information content (AvgIpc) is 2.72. The van der Waals surface area contributed by atoms with E-state index in [4.69, 9.17) is 38.4 Å². The number of phenolic OH excluding ortho intramolecular Hbond substituents is 1. The van der Waals surface area contributed by atoms with Crippen LogP contribution in [0, 0.1) is 11.3 Å². The van der Waals surface area contributed by atoms with Crippen LogP contribution in [0.15, 0.2) is 70.5 Å². The minimum atomic E-state index is -0.439. The number of hydrogen-bond donors (Lipinski definition) is 2. The summed E-state index contributed by atoms with van der Waals surface area (Å²) < 4.78 is 12.2. The van der Waals surface area contributed by atoms with E-state index < -0.39 is 5.92 Å². The number of hydrogen-bond acceptors (Lipinski definition) is 5. The van der Waals surface area contributed by atoms with E-state index >= 15 is 0 Å². The van der Waals surface area contributed by atoms with Crippen molar-refractivity contribution in [3.63, 3.8) is 0 Å². The summed E-state index contributed by atoms with van der Waals surface area (Å²) in [6.07, 6.45) is 0. The predicted octanol–water partition coefficient (Wildman–Crippen LogP) is 6.26. The number of halogens is 3. The number of allylic oxidation sites excluding steroid dienone is 1. The zero-order valence-corrected chi connectivity index (χ0v) is 19.0. The Kier molecular flexibility index (Phi) is 6.01. The van der Waals surface area contributed by atoms with Crippen molar-refractivity contribution in [2.75, 3.05) is 0 Å². The fourth-order valence-corrected chi connectivity index (χ4v) is 4.37. The molecule has 0 unspecified atom stereocenters. The summed E-state index contributed by atoms with van der Waals surface area (Å²) >= 11 is 15.7. The maximum atomic E-state index is 9.78. The molecule has 8 heteroatoms. The zero-order valence-electron chi connectivity index (χ0n) is 15.9. The van der Waals surface area contributed by atoms with Gasteiger partial charge in [-0.05, 0) is 51.8 Å². The van der Waals surface area contributed by atoms with Crippen LogP contribution in [0.25, 0.3) is 0 Å². The van der Waals surface area contributed by atoms with Crippen molar-refractivity contribution in [1.82, 2.24) is 0 Å². The number of fused-ring (bicyclic) bond motifs is 1. The Morgan fingerprint density at radius 1 is 1.13 bits per heavy atom. The summed E-state index contributed by atoms with van der Waals surface area (Å²) in [6, 6.07) is 17.7. The Balaban J connectivity index is 1.65. The largest absolute Gasteiger partial charge is 0.508 e. The predicted molar refractivity (Wildman–Crippen MR) is 122 cm³/mol. The lowest BCUT2D eigenvalue weighted by atomic mass is 9.83. The van der Waals surface area contributed by atoms with Crippen molar-refractivity contribution in [3.05, 3.63) is 97.3 Å². The fourth-order valence-electron chi connectivity index (χ4n) is 3.39. The van der Waals surface area contributed by atoms with Crippen LogP contribution in [-0.2, 0) is 6.61 Å². The van der Waals surface area contributed by atoms with E-state index in [1.807, 2.05) is 24.3 Å². The average molecular weight is 518 g/mol. The van der Waals surface area contributed by atoms with E-state index in [-0.39, 0.29) is 18.2 Å². The molecular formula is C23H15BrCl2N2O3. The molecule has 0 radical (unpaired) electrons. The number of rotatable bonds is 4. The van der Waals surface area contributed by atoms with Crippen LogP contribution in [0.5, 0.6) is 17.2 Å². The molecule has 156 valence electrons.